The van der Waals surface area contributed by atoms with Gasteiger partial charge in [0.1, 0.15) is 17.0 Å². The van der Waals surface area contributed by atoms with Crippen LogP contribution >= 0.6 is 23.2 Å². The van der Waals surface area contributed by atoms with Crippen LogP contribution in [0.1, 0.15) is 5.76 Å². The molecule has 198 valence electrons. The third kappa shape index (κ3) is 5.43. The summed E-state index contributed by atoms with van der Waals surface area (Å²) in [5.74, 6) is 2.47. The molecule has 0 spiro atoms. The van der Waals surface area contributed by atoms with Gasteiger partial charge in [0.2, 0.25) is 17.5 Å². The van der Waals surface area contributed by atoms with Gasteiger partial charge in [0.05, 0.1) is 31.4 Å². The highest BCUT2D eigenvalue weighted by atomic mass is 35.5. The molecule has 0 aliphatic heterocycles. The lowest BCUT2D eigenvalue weighted by Crippen LogP contribution is -2.07. The van der Waals surface area contributed by atoms with E-state index in [2.05, 4.69) is 10.3 Å². The molecule has 8 nitrogen and oxygen atoms in total. The zero-order valence-electron chi connectivity index (χ0n) is 21.1. The minimum atomic E-state index is -0.346. The van der Waals surface area contributed by atoms with Crippen LogP contribution in [-0.2, 0) is 4.79 Å². The summed E-state index contributed by atoms with van der Waals surface area (Å²) in [4.78, 5) is 17.1. The highest BCUT2D eigenvalue weighted by Gasteiger charge is 2.18. The van der Waals surface area contributed by atoms with E-state index in [4.69, 9.17) is 46.2 Å². The van der Waals surface area contributed by atoms with Gasteiger partial charge in [0, 0.05) is 22.9 Å². The molecule has 0 unspecified atom stereocenters. The second-order valence-corrected chi connectivity index (χ2v) is 9.03. The van der Waals surface area contributed by atoms with Gasteiger partial charge in [-0.3, -0.25) is 4.79 Å². The molecule has 0 aliphatic carbocycles. The van der Waals surface area contributed by atoms with E-state index in [0.717, 1.165) is 0 Å². The third-order valence-electron chi connectivity index (χ3n) is 5.81. The highest BCUT2D eigenvalue weighted by molar-refractivity contribution is 6.43. The number of furan rings is 1. The van der Waals surface area contributed by atoms with Crippen molar-refractivity contribution in [3.8, 4) is 40.0 Å². The number of halogens is 2. The van der Waals surface area contributed by atoms with Crippen molar-refractivity contribution in [3.63, 3.8) is 0 Å². The van der Waals surface area contributed by atoms with Crippen LogP contribution in [0.4, 0.5) is 5.69 Å². The molecule has 2 aromatic heterocycles. The SMILES string of the molecule is COc1cc(-c2nc3cc(NC(=O)/C=C/c4ccc(-c5cccc(Cl)c5Cl)o4)ccc3o2)cc(OC)c1OC. The molecule has 0 saturated heterocycles. The van der Waals surface area contributed by atoms with Gasteiger partial charge in [0.15, 0.2) is 17.1 Å². The van der Waals surface area contributed by atoms with Crippen LogP contribution in [0.2, 0.25) is 10.0 Å². The number of anilines is 1. The number of ether oxygens (including phenoxy) is 3. The van der Waals surface area contributed by atoms with E-state index in [1.807, 2.05) is 0 Å². The first kappa shape index (κ1) is 26.2. The fraction of sp³-hybridized carbons (Fsp3) is 0.103. The lowest BCUT2D eigenvalue weighted by molar-refractivity contribution is -0.111. The average molecular weight is 565 g/mol. The Kier molecular flexibility index (Phi) is 7.49. The number of carbonyl (C=O) groups excluding carboxylic acids is 1. The Balaban J connectivity index is 1.32. The van der Waals surface area contributed by atoms with Gasteiger partial charge in [0.25, 0.3) is 0 Å². The Bertz CT molecular complexity index is 1680. The first-order valence-corrected chi connectivity index (χ1v) is 12.4. The topological polar surface area (TPSA) is 96.0 Å². The summed E-state index contributed by atoms with van der Waals surface area (Å²) in [5.41, 5.74) is 2.98. The van der Waals surface area contributed by atoms with Crippen LogP contribution in [0.3, 0.4) is 0 Å². The number of fused-ring (bicyclic) bond motifs is 1. The number of aromatic nitrogens is 1. The van der Waals surface area contributed by atoms with E-state index in [1.54, 1.807) is 66.7 Å². The first-order valence-electron chi connectivity index (χ1n) is 11.6. The number of benzene rings is 3. The number of methoxy groups -OCH3 is 3. The highest BCUT2D eigenvalue weighted by Crippen LogP contribution is 2.41. The predicted octanol–water partition coefficient (Wildman–Crippen LogP) is 7.74. The Hall–Kier alpha value is -4.40. The number of rotatable bonds is 8. The summed E-state index contributed by atoms with van der Waals surface area (Å²) in [7, 11) is 4.61. The molecule has 2 heterocycles. The van der Waals surface area contributed by atoms with Crippen LogP contribution < -0.4 is 19.5 Å². The Morgan fingerprint density at radius 3 is 2.41 bits per heavy atom. The van der Waals surface area contributed by atoms with Gasteiger partial charge in [-0.05, 0) is 60.7 Å². The Morgan fingerprint density at radius 1 is 0.923 bits per heavy atom. The second-order valence-electron chi connectivity index (χ2n) is 8.24. The van der Waals surface area contributed by atoms with E-state index in [-0.39, 0.29) is 5.91 Å². The number of hydrogen-bond donors (Lipinski definition) is 1. The van der Waals surface area contributed by atoms with Crippen LogP contribution in [0.5, 0.6) is 17.2 Å². The second kappa shape index (κ2) is 11.1. The van der Waals surface area contributed by atoms with E-state index >= 15 is 0 Å². The standard InChI is InChI=1S/C29H22Cl2N2O6/c1-35-24-13-16(14-25(36-2)28(24)37-3)29-33-21-15-17(7-10-23(21)39-29)32-26(34)12-9-18-8-11-22(38-18)19-5-4-6-20(30)27(19)31/h4-15H,1-3H3,(H,32,34)/b12-9+. The molecule has 0 saturated carbocycles. The van der Waals surface area contributed by atoms with Crippen molar-refractivity contribution in [2.24, 2.45) is 0 Å². The van der Waals surface area contributed by atoms with Crippen LogP contribution in [0.15, 0.2) is 75.6 Å². The van der Waals surface area contributed by atoms with Crippen molar-refractivity contribution in [2.45, 2.75) is 0 Å². The number of amides is 1. The van der Waals surface area contributed by atoms with Gasteiger partial charge in [-0.15, -0.1) is 0 Å². The van der Waals surface area contributed by atoms with E-state index < -0.39 is 0 Å². The lowest BCUT2D eigenvalue weighted by atomic mass is 10.2. The summed E-state index contributed by atoms with van der Waals surface area (Å²) in [6.45, 7) is 0. The van der Waals surface area contributed by atoms with Crippen molar-refractivity contribution in [2.75, 3.05) is 26.6 Å². The molecule has 5 rings (SSSR count). The summed E-state index contributed by atoms with van der Waals surface area (Å²) in [6.07, 6.45) is 2.94. The normalized spacial score (nSPS) is 11.2. The van der Waals surface area contributed by atoms with Gasteiger partial charge in [-0.25, -0.2) is 4.98 Å². The maximum atomic E-state index is 12.6. The summed E-state index contributed by atoms with van der Waals surface area (Å²) >= 11 is 12.4. The quantitative estimate of drug-likeness (QED) is 0.192. The fourth-order valence-electron chi connectivity index (χ4n) is 3.96. The first-order chi connectivity index (χ1) is 18.9. The number of oxazole rings is 1. The van der Waals surface area contributed by atoms with Gasteiger partial charge >= 0.3 is 0 Å². The summed E-state index contributed by atoms with van der Waals surface area (Å²) in [6, 6.07) is 17.5. The van der Waals surface area contributed by atoms with Gasteiger partial charge in [-0.1, -0.05) is 29.3 Å². The maximum Gasteiger partial charge on any atom is 0.248 e. The summed E-state index contributed by atoms with van der Waals surface area (Å²) < 4.78 is 27.9. The molecule has 3 aromatic carbocycles. The van der Waals surface area contributed by atoms with Crippen LogP contribution in [-0.4, -0.2) is 32.2 Å². The summed E-state index contributed by atoms with van der Waals surface area (Å²) in [5, 5.41) is 3.65. The van der Waals surface area contributed by atoms with Gasteiger partial charge in [-0.2, -0.15) is 0 Å². The smallest absolute Gasteiger partial charge is 0.248 e. The molecule has 1 N–H and O–H groups in total. The zero-order chi connectivity index (χ0) is 27.5. The Morgan fingerprint density at radius 2 is 1.69 bits per heavy atom. The van der Waals surface area contributed by atoms with Gasteiger partial charge < -0.3 is 28.4 Å². The predicted molar refractivity (Wildman–Crippen MR) is 151 cm³/mol. The van der Waals surface area contributed by atoms with E-state index in [9.17, 15) is 4.79 Å². The zero-order valence-corrected chi connectivity index (χ0v) is 22.6. The minimum Gasteiger partial charge on any atom is -0.493 e. The fourth-order valence-corrected chi connectivity index (χ4v) is 4.35. The molecule has 10 heteroatoms. The average Bonchev–Trinajstić information content (AvgIpc) is 3.59. The van der Waals surface area contributed by atoms with Crippen molar-refractivity contribution >= 4 is 52.0 Å². The monoisotopic (exact) mass is 564 g/mol. The molecule has 0 bridgehead atoms. The van der Waals surface area contributed by atoms with Crippen molar-refractivity contribution in [3.05, 3.63) is 82.5 Å². The molecule has 5 aromatic rings. The Labute approximate surface area is 233 Å². The number of carbonyl (C=O) groups is 1. The van der Waals surface area contributed by atoms with E-state index in [0.29, 0.717) is 72.6 Å². The molecule has 0 radical (unpaired) electrons. The van der Waals surface area contributed by atoms with Crippen molar-refractivity contribution < 1.29 is 27.8 Å². The number of hydrogen-bond acceptors (Lipinski definition) is 7. The maximum absolute atomic E-state index is 12.6. The molecule has 1 amide bonds. The van der Waals surface area contributed by atoms with Crippen LogP contribution in [0, 0.1) is 0 Å². The molecular formula is C29H22Cl2N2O6. The number of nitrogens with one attached hydrogen (secondary N) is 1. The van der Waals surface area contributed by atoms with Crippen LogP contribution in [0.25, 0.3) is 40.0 Å². The molecule has 0 aliphatic rings. The van der Waals surface area contributed by atoms with Crippen molar-refractivity contribution in [1.82, 2.24) is 4.98 Å². The molecule has 0 atom stereocenters. The molecule has 39 heavy (non-hydrogen) atoms. The third-order valence-corrected chi connectivity index (χ3v) is 6.63. The van der Waals surface area contributed by atoms with Crippen molar-refractivity contribution in [1.29, 1.82) is 0 Å². The molecular weight excluding hydrogens is 543 g/mol. The largest absolute Gasteiger partial charge is 0.493 e. The minimum absolute atomic E-state index is 0.346. The lowest BCUT2D eigenvalue weighted by Gasteiger charge is -2.12. The molecule has 0 fully saturated rings. The van der Waals surface area contributed by atoms with E-state index in [1.165, 1.54) is 27.4 Å². The number of nitrogens with zero attached hydrogens (tertiary/aromatic N) is 1.